The molecule has 1 amide bonds. The summed E-state index contributed by atoms with van der Waals surface area (Å²) in [5, 5.41) is 2.94. The summed E-state index contributed by atoms with van der Waals surface area (Å²) in [6.45, 7) is 2.56. The Kier molecular flexibility index (Phi) is 4.88. The number of aldehydes is 1. The first kappa shape index (κ1) is 16.6. The highest BCUT2D eigenvalue weighted by molar-refractivity contribution is 5.96. The van der Waals surface area contributed by atoms with Crippen LogP contribution in [0.3, 0.4) is 0 Å². The molecule has 0 radical (unpaired) electrons. The topological polar surface area (TPSA) is 64.6 Å². The number of methoxy groups -OCH3 is 1. The molecule has 1 N–H and O–H groups in total. The highest BCUT2D eigenvalue weighted by Crippen LogP contribution is 2.34. The third-order valence-electron chi connectivity index (χ3n) is 4.76. The molecule has 0 saturated heterocycles. The van der Waals surface area contributed by atoms with Crippen molar-refractivity contribution in [1.29, 1.82) is 0 Å². The van der Waals surface area contributed by atoms with Gasteiger partial charge in [-0.15, -0.1) is 0 Å². The average Bonchev–Trinajstić information content (AvgIpc) is 3.37. The number of hydrogen-bond acceptors (Lipinski definition) is 4. The highest BCUT2D eigenvalue weighted by Gasteiger charge is 2.24. The number of hydrogen-bond donors (Lipinski definition) is 1. The molecule has 2 aliphatic rings. The van der Waals surface area contributed by atoms with Crippen LogP contribution in [-0.4, -0.2) is 25.9 Å². The average molecular weight is 329 g/mol. The number of nitrogens with one attached hydrogen (secondary N) is 1. The fourth-order valence-electron chi connectivity index (χ4n) is 2.90. The van der Waals surface area contributed by atoms with Gasteiger partial charge < -0.3 is 19.6 Å². The van der Waals surface area contributed by atoms with Gasteiger partial charge in [-0.05, 0) is 62.3 Å². The summed E-state index contributed by atoms with van der Waals surface area (Å²) in [6, 6.07) is 5.19. The lowest BCUT2D eigenvalue weighted by Gasteiger charge is -2.13. The smallest absolute Gasteiger partial charge is 0.255 e. The van der Waals surface area contributed by atoms with Crippen LogP contribution in [0.25, 0.3) is 0 Å². The Bertz CT molecular complexity index is 676. The minimum Gasteiger partial charge on any atom is -0.493 e. The summed E-state index contributed by atoms with van der Waals surface area (Å²) in [7, 11) is 1.59. The standard InChI is InChI=1S/C19H23NO4/c1-12-15(10-21)5-7-16(12)20-19(22)14-6-8-17(23-2)18(9-14)24-11-13-3-4-13/h6,8-10,13,15H,3-5,7,11H2,1-2H3,(H,20,22). The van der Waals surface area contributed by atoms with Crippen molar-refractivity contribution >= 4 is 12.2 Å². The summed E-state index contributed by atoms with van der Waals surface area (Å²) < 4.78 is 11.1. The molecule has 1 aromatic rings. The molecule has 0 aromatic heterocycles. The molecule has 0 spiro atoms. The first-order chi connectivity index (χ1) is 11.6. The van der Waals surface area contributed by atoms with Crippen LogP contribution in [0.2, 0.25) is 0 Å². The molecule has 3 rings (SSSR count). The third-order valence-corrected chi connectivity index (χ3v) is 4.76. The Labute approximate surface area is 142 Å². The zero-order valence-electron chi connectivity index (χ0n) is 14.1. The summed E-state index contributed by atoms with van der Waals surface area (Å²) >= 11 is 0. The van der Waals surface area contributed by atoms with Gasteiger partial charge in [0.05, 0.1) is 13.7 Å². The van der Waals surface area contributed by atoms with Gasteiger partial charge in [0.25, 0.3) is 5.91 Å². The molecule has 5 nitrogen and oxygen atoms in total. The molecule has 1 fully saturated rings. The highest BCUT2D eigenvalue weighted by atomic mass is 16.5. The Balaban J connectivity index is 1.73. The molecular formula is C19H23NO4. The van der Waals surface area contributed by atoms with Crippen molar-refractivity contribution in [3.8, 4) is 11.5 Å². The first-order valence-corrected chi connectivity index (χ1v) is 8.39. The largest absolute Gasteiger partial charge is 0.493 e. The summed E-state index contributed by atoms with van der Waals surface area (Å²) in [5.41, 5.74) is 2.34. The predicted octanol–water partition coefficient (Wildman–Crippen LogP) is 3.10. The molecule has 2 aliphatic carbocycles. The van der Waals surface area contributed by atoms with Gasteiger partial charge in [-0.25, -0.2) is 0 Å². The van der Waals surface area contributed by atoms with Crippen molar-refractivity contribution in [1.82, 2.24) is 5.32 Å². The van der Waals surface area contributed by atoms with Crippen molar-refractivity contribution in [3.05, 3.63) is 35.0 Å². The minimum atomic E-state index is -0.185. The van der Waals surface area contributed by atoms with E-state index in [-0.39, 0.29) is 11.8 Å². The van der Waals surface area contributed by atoms with Crippen molar-refractivity contribution in [2.24, 2.45) is 11.8 Å². The van der Waals surface area contributed by atoms with E-state index < -0.39 is 0 Å². The van der Waals surface area contributed by atoms with E-state index in [4.69, 9.17) is 9.47 Å². The van der Waals surface area contributed by atoms with Gasteiger partial charge in [0.2, 0.25) is 0 Å². The number of allylic oxidation sites excluding steroid dienone is 2. The van der Waals surface area contributed by atoms with Crippen LogP contribution < -0.4 is 14.8 Å². The Hall–Kier alpha value is -2.30. The maximum atomic E-state index is 12.5. The van der Waals surface area contributed by atoms with E-state index in [0.29, 0.717) is 29.6 Å². The predicted molar refractivity (Wildman–Crippen MR) is 90.2 cm³/mol. The fraction of sp³-hybridized carbons (Fsp3) is 0.474. The van der Waals surface area contributed by atoms with Crippen LogP contribution in [0.4, 0.5) is 0 Å². The van der Waals surface area contributed by atoms with Crippen molar-refractivity contribution < 1.29 is 19.1 Å². The third kappa shape index (κ3) is 3.61. The number of ether oxygens (including phenoxy) is 2. The SMILES string of the molecule is COc1ccc(C(=O)NC2=C(C)C(C=O)CC2)cc1OCC1CC1. The molecular weight excluding hydrogens is 306 g/mol. The van der Waals surface area contributed by atoms with E-state index in [9.17, 15) is 9.59 Å². The van der Waals surface area contributed by atoms with E-state index in [1.54, 1.807) is 25.3 Å². The second kappa shape index (κ2) is 7.07. The number of carbonyl (C=O) groups excluding carboxylic acids is 2. The maximum absolute atomic E-state index is 12.5. The molecule has 1 aromatic carbocycles. The van der Waals surface area contributed by atoms with Crippen LogP contribution in [0, 0.1) is 11.8 Å². The lowest BCUT2D eigenvalue weighted by molar-refractivity contribution is -0.110. The number of amides is 1. The van der Waals surface area contributed by atoms with E-state index >= 15 is 0 Å². The van der Waals surface area contributed by atoms with Crippen LogP contribution in [0.1, 0.15) is 43.0 Å². The molecule has 1 unspecified atom stereocenters. The van der Waals surface area contributed by atoms with Crippen LogP contribution in [0.15, 0.2) is 29.5 Å². The van der Waals surface area contributed by atoms with E-state index in [1.807, 2.05) is 6.92 Å². The molecule has 0 bridgehead atoms. The monoisotopic (exact) mass is 329 g/mol. The van der Waals surface area contributed by atoms with Gasteiger partial charge in [0.1, 0.15) is 6.29 Å². The first-order valence-electron chi connectivity index (χ1n) is 8.39. The molecule has 1 saturated carbocycles. The van der Waals surface area contributed by atoms with Gasteiger partial charge in [-0.2, -0.15) is 0 Å². The van der Waals surface area contributed by atoms with Crippen molar-refractivity contribution in [2.45, 2.75) is 32.6 Å². The van der Waals surface area contributed by atoms with Crippen molar-refractivity contribution in [3.63, 3.8) is 0 Å². The molecule has 0 aliphatic heterocycles. The fourth-order valence-corrected chi connectivity index (χ4v) is 2.90. The van der Waals surface area contributed by atoms with Crippen molar-refractivity contribution in [2.75, 3.05) is 13.7 Å². The molecule has 24 heavy (non-hydrogen) atoms. The Morgan fingerprint density at radius 2 is 2.08 bits per heavy atom. The summed E-state index contributed by atoms with van der Waals surface area (Å²) in [6.07, 6.45) is 4.85. The van der Waals surface area contributed by atoms with Gasteiger partial charge in [0, 0.05) is 17.2 Å². The lowest BCUT2D eigenvalue weighted by Crippen LogP contribution is -2.22. The quantitative estimate of drug-likeness (QED) is 0.781. The van der Waals surface area contributed by atoms with Gasteiger partial charge in [0.15, 0.2) is 11.5 Å². The lowest BCUT2D eigenvalue weighted by atomic mass is 10.1. The zero-order chi connectivity index (χ0) is 17.1. The van der Waals surface area contributed by atoms with Crippen LogP contribution >= 0.6 is 0 Å². The number of benzene rings is 1. The zero-order valence-corrected chi connectivity index (χ0v) is 14.1. The van der Waals surface area contributed by atoms with Crippen LogP contribution in [-0.2, 0) is 4.79 Å². The van der Waals surface area contributed by atoms with E-state index in [0.717, 1.165) is 30.4 Å². The van der Waals surface area contributed by atoms with Gasteiger partial charge in [-0.1, -0.05) is 0 Å². The maximum Gasteiger partial charge on any atom is 0.255 e. The summed E-state index contributed by atoms with van der Waals surface area (Å²) in [4.78, 5) is 23.5. The molecule has 0 heterocycles. The van der Waals surface area contributed by atoms with Gasteiger partial charge >= 0.3 is 0 Å². The molecule has 5 heteroatoms. The number of carbonyl (C=O) groups is 2. The normalized spacial score (nSPS) is 20.0. The minimum absolute atomic E-state index is 0.0754. The van der Waals surface area contributed by atoms with E-state index in [1.165, 1.54) is 12.8 Å². The van der Waals surface area contributed by atoms with Gasteiger partial charge in [-0.3, -0.25) is 4.79 Å². The Morgan fingerprint density at radius 1 is 1.29 bits per heavy atom. The second-order valence-corrected chi connectivity index (χ2v) is 6.52. The number of rotatable bonds is 7. The second-order valence-electron chi connectivity index (χ2n) is 6.52. The van der Waals surface area contributed by atoms with E-state index in [2.05, 4.69) is 5.32 Å². The summed E-state index contributed by atoms with van der Waals surface area (Å²) in [5.74, 6) is 1.59. The van der Waals surface area contributed by atoms with Crippen LogP contribution in [0.5, 0.6) is 11.5 Å². The molecule has 128 valence electrons. The Morgan fingerprint density at radius 3 is 2.71 bits per heavy atom. The molecule has 1 atom stereocenters.